The van der Waals surface area contributed by atoms with Gasteiger partial charge in [0.1, 0.15) is 5.75 Å². The molecule has 1 aliphatic rings. The molecule has 1 saturated heterocycles. The fraction of sp³-hybridized carbons (Fsp3) is 0.259. The zero-order valence-corrected chi connectivity index (χ0v) is 18.3. The van der Waals surface area contributed by atoms with E-state index in [1.54, 1.807) is 6.92 Å². The second kappa shape index (κ2) is 10.1. The third-order valence-corrected chi connectivity index (χ3v) is 5.75. The van der Waals surface area contributed by atoms with Crippen LogP contribution in [-0.2, 0) is 22.7 Å². The lowest BCUT2D eigenvalue weighted by Gasteiger charge is -2.19. The van der Waals surface area contributed by atoms with Gasteiger partial charge in [0.25, 0.3) is 5.91 Å². The Morgan fingerprint density at radius 2 is 1.59 bits per heavy atom. The van der Waals surface area contributed by atoms with Crippen LogP contribution in [0.2, 0.25) is 0 Å². The number of carbonyl (C=O) groups excluding carboxylic acids is 2. The number of rotatable bonds is 8. The quantitative estimate of drug-likeness (QED) is 0.572. The Morgan fingerprint density at radius 3 is 2.28 bits per heavy atom. The first kappa shape index (κ1) is 21.6. The highest BCUT2D eigenvalue weighted by molar-refractivity contribution is 5.81. The van der Waals surface area contributed by atoms with Crippen molar-refractivity contribution in [3.05, 3.63) is 90.0 Å². The summed E-state index contributed by atoms with van der Waals surface area (Å²) in [6.45, 7) is 3.53. The SMILES string of the molecule is C[C@@H](Oc1ccc(-c2ccccc2)cc1)C(=O)NCc1ccccc1CN1CCCC1=O. The number of nitrogens with zero attached hydrogens (tertiary/aromatic N) is 1. The van der Waals surface area contributed by atoms with Crippen LogP contribution in [-0.4, -0.2) is 29.4 Å². The molecule has 1 N–H and O–H groups in total. The van der Waals surface area contributed by atoms with Crippen LogP contribution in [0.3, 0.4) is 0 Å². The molecule has 3 aromatic rings. The van der Waals surface area contributed by atoms with E-state index in [1.807, 2.05) is 71.6 Å². The van der Waals surface area contributed by atoms with Gasteiger partial charge >= 0.3 is 0 Å². The average molecular weight is 429 g/mol. The fourth-order valence-corrected chi connectivity index (χ4v) is 3.90. The first-order valence-electron chi connectivity index (χ1n) is 11.0. The lowest BCUT2D eigenvalue weighted by molar-refractivity contribution is -0.128. The molecular formula is C27H28N2O3. The van der Waals surface area contributed by atoms with Crippen molar-refractivity contribution in [2.75, 3.05) is 6.54 Å². The van der Waals surface area contributed by atoms with Gasteiger partial charge in [-0.2, -0.15) is 0 Å². The maximum atomic E-state index is 12.6. The molecule has 2 amide bonds. The van der Waals surface area contributed by atoms with Crippen molar-refractivity contribution in [1.29, 1.82) is 0 Å². The molecule has 0 aromatic heterocycles. The van der Waals surface area contributed by atoms with E-state index in [2.05, 4.69) is 17.4 Å². The second-order valence-electron chi connectivity index (χ2n) is 8.06. The summed E-state index contributed by atoms with van der Waals surface area (Å²) in [5, 5.41) is 2.97. The van der Waals surface area contributed by atoms with Crippen molar-refractivity contribution in [1.82, 2.24) is 10.2 Å². The molecule has 1 atom stereocenters. The average Bonchev–Trinajstić information content (AvgIpc) is 3.23. The maximum Gasteiger partial charge on any atom is 0.261 e. The smallest absolute Gasteiger partial charge is 0.261 e. The van der Waals surface area contributed by atoms with E-state index in [4.69, 9.17) is 4.74 Å². The molecular weight excluding hydrogens is 400 g/mol. The van der Waals surface area contributed by atoms with Gasteiger partial charge in [-0.05, 0) is 47.7 Å². The highest BCUT2D eigenvalue weighted by Gasteiger charge is 2.21. The number of hydrogen-bond donors (Lipinski definition) is 1. The summed E-state index contributed by atoms with van der Waals surface area (Å²) in [4.78, 5) is 26.5. The molecule has 0 saturated carbocycles. The minimum atomic E-state index is -0.620. The summed E-state index contributed by atoms with van der Waals surface area (Å²) in [6.07, 6.45) is 0.920. The molecule has 164 valence electrons. The Hall–Kier alpha value is -3.60. The Labute approximate surface area is 189 Å². The first-order chi connectivity index (χ1) is 15.6. The minimum Gasteiger partial charge on any atom is -0.481 e. The van der Waals surface area contributed by atoms with Gasteiger partial charge in [-0.3, -0.25) is 9.59 Å². The first-order valence-corrected chi connectivity index (χ1v) is 11.0. The van der Waals surface area contributed by atoms with Gasteiger partial charge in [0, 0.05) is 26.1 Å². The number of ether oxygens (including phenoxy) is 1. The predicted octanol–water partition coefficient (Wildman–Crippen LogP) is 4.56. The lowest BCUT2D eigenvalue weighted by atomic mass is 10.1. The van der Waals surface area contributed by atoms with Crippen molar-refractivity contribution >= 4 is 11.8 Å². The summed E-state index contributed by atoms with van der Waals surface area (Å²) in [7, 11) is 0. The van der Waals surface area contributed by atoms with Crippen LogP contribution >= 0.6 is 0 Å². The van der Waals surface area contributed by atoms with Gasteiger partial charge in [0.05, 0.1) is 0 Å². The van der Waals surface area contributed by atoms with Gasteiger partial charge in [0.2, 0.25) is 5.91 Å². The molecule has 1 heterocycles. The van der Waals surface area contributed by atoms with Crippen LogP contribution in [0.1, 0.15) is 30.9 Å². The Bertz CT molecular complexity index is 1060. The number of hydrogen-bond acceptors (Lipinski definition) is 3. The Kier molecular flexibility index (Phi) is 6.85. The summed E-state index contributed by atoms with van der Waals surface area (Å²) in [6, 6.07) is 25.8. The molecule has 4 rings (SSSR count). The highest BCUT2D eigenvalue weighted by Crippen LogP contribution is 2.23. The molecule has 3 aromatic carbocycles. The topological polar surface area (TPSA) is 58.6 Å². The Balaban J connectivity index is 1.32. The second-order valence-corrected chi connectivity index (χ2v) is 8.06. The molecule has 0 unspecified atom stereocenters. The summed E-state index contributed by atoms with van der Waals surface area (Å²) in [5.41, 5.74) is 4.32. The van der Waals surface area contributed by atoms with Crippen LogP contribution in [0, 0.1) is 0 Å². The van der Waals surface area contributed by atoms with Gasteiger partial charge in [-0.15, -0.1) is 0 Å². The number of benzene rings is 3. The fourth-order valence-electron chi connectivity index (χ4n) is 3.90. The van der Waals surface area contributed by atoms with E-state index in [0.717, 1.165) is 35.2 Å². The third-order valence-electron chi connectivity index (χ3n) is 5.75. The van der Waals surface area contributed by atoms with E-state index in [-0.39, 0.29) is 11.8 Å². The molecule has 5 nitrogen and oxygen atoms in total. The molecule has 5 heteroatoms. The van der Waals surface area contributed by atoms with E-state index < -0.39 is 6.10 Å². The van der Waals surface area contributed by atoms with Crippen LogP contribution < -0.4 is 10.1 Å². The third kappa shape index (κ3) is 5.35. The maximum absolute atomic E-state index is 12.6. The normalized spacial score (nSPS) is 14.3. The van der Waals surface area contributed by atoms with Crippen LogP contribution in [0.25, 0.3) is 11.1 Å². The molecule has 0 spiro atoms. The van der Waals surface area contributed by atoms with Crippen molar-refractivity contribution in [3.8, 4) is 16.9 Å². The highest BCUT2D eigenvalue weighted by atomic mass is 16.5. The monoisotopic (exact) mass is 428 g/mol. The lowest BCUT2D eigenvalue weighted by Crippen LogP contribution is -2.36. The van der Waals surface area contributed by atoms with Crippen molar-refractivity contribution < 1.29 is 14.3 Å². The number of nitrogens with one attached hydrogen (secondary N) is 1. The Morgan fingerprint density at radius 1 is 0.938 bits per heavy atom. The standard InChI is InChI=1S/C27H28N2O3/c1-20(32-25-15-13-22(14-16-25)21-8-3-2-4-9-21)27(31)28-18-23-10-5-6-11-24(23)19-29-17-7-12-26(29)30/h2-6,8-11,13-16,20H,7,12,17-19H2,1H3,(H,28,31)/t20-/m1/s1. The van der Waals surface area contributed by atoms with Crippen molar-refractivity contribution in [2.24, 2.45) is 0 Å². The molecule has 0 radical (unpaired) electrons. The van der Waals surface area contributed by atoms with Crippen molar-refractivity contribution in [3.63, 3.8) is 0 Å². The zero-order valence-electron chi connectivity index (χ0n) is 18.3. The van der Waals surface area contributed by atoms with Crippen LogP contribution in [0.5, 0.6) is 5.75 Å². The summed E-state index contributed by atoms with van der Waals surface area (Å²) < 4.78 is 5.84. The molecule has 1 aliphatic heterocycles. The molecule has 0 bridgehead atoms. The van der Waals surface area contributed by atoms with Gasteiger partial charge in [0.15, 0.2) is 6.10 Å². The van der Waals surface area contributed by atoms with E-state index in [9.17, 15) is 9.59 Å². The van der Waals surface area contributed by atoms with Gasteiger partial charge in [-0.1, -0.05) is 66.7 Å². The van der Waals surface area contributed by atoms with Crippen molar-refractivity contribution in [2.45, 2.75) is 39.0 Å². The molecule has 32 heavy (non-hydrogen) atoms. The number of amides is 2. The van der Waals surface area contributed by atoms with E-state index >= 15 is 0 Å². The van der Waals surface area contributed by atoms with Gasteiger partial charge in [-0.25, -0.2) is 0 Å². The summed E-state index contributed by atoms with van der Waals surface area (Å²) in [5.74, 6) is 0.675. The summed E-state index contributed by atoms with van der Waals surface area (Å²) >= 11 is 0. The number of carbonyl (C=O) groups is 2. The van der Waals surface area contributed by atoms with Gasteiger partial charge < -0.3 is 15.0 Å². The number of likely N-dealkylation sites (tertiary alicyclic amines) is 1. The minimum absolute atomic E-state index is 0.177. The van der Waals surface area contributed by atoms with E-state index in [1.165, 1.54) is 0 Å². The predicted molar refractivity (Wildman–Crippen MR) is 125 cm³/mol. The van der Waals surface area contributed by atoms with Crippen LogP contribution in [0.4, 0.5) is 0 Å². The largest absolute Gasteiger partial charge is 0.481 e. The van der Waals surface area contributed by atoms with E-state index in [0.29, 0.717) is 25.3 Å². The molecule has 0 aliphatic carbocycles. The molecule has 1 fully saturated rings. The van der Waals surface area contributed by atoms with Crippen LogP contribution in [0.15, 0.2) is 78.9 Å². The zero-order chi connectivity index (χ0) is 22.3.